The second-order valence-electron chi connectivity index (χ2n) is 0.787. The summed E-state index contributed by atoms with van der Waals surface area (Å²) in [4.78, 5) is 19.1. The van der Waals surface area contributed by atoms with Crippen LogP contribution in [0.25, 0.3) is 0 Å². The van der Waals surface area contributed by atoms with Crippen LogP contribution in [0.2, 0.25) is 0 Å². The smallest absolute Gasteiger partial charge is 0.398 e. The molecule has 0 saturated heterocycles. The van der Waals surface area contributed by atoms with Gasteiger partial charge in [0.2, 0.25) is 0 Å². The van der Waals surface area contributed by atoms with Gasteiger partial charge in [-0.05, 0) is 0 Å². The van der Waals surface area contributed by atoms with Gasteiger partial charge in [-0.2, -0.15) is 0 Å². The average Bonchev–Trinajstić information content (AvgIpc) is 1.36. The summed E-state index contributed by atoms with van der Waals surface area (Å²) in [5.74, 6) is -1.84. The molecule has 0 spiro atoms. The molecule has 0 unspecified atom stereocenters. The molecule has 0 aromatic heterocycles. The Kier molecular flexibility index (Phi) is 11.8. The van der Waals surface area contributed by atoms with Crippen molar-refractivity contribution in [1.82, 2.24) is 0 Å². The van der Waals surface area contributed by atoms with Crippen molar-refractivity contribution in [3.8, 4) is 0 Å². The summed E-state index contributed by atoms with van der Waals surface area (Å²) in [5, 5.41) is 0. The zero-order valence-corrected chi connectivity index (χ0v) is 4.05. The van der Waals surface area contributed by atoms with Crippen LogP contribution < -0.4 is 11.5 Å². The number of quaternary nitrogens is 1. The monoisotopic (exact) mass is 124 g/mol. The Bertz CT molecular complexity index is 78.0. The number of primary amides is 1. The highest BCUT2D eigenvalue weighted by molar-refractivity contribution is 6.29. The standard InChI is InChI=1S/C2H4N2O2.2H2O/c3-1(5)2(4)6;;/h(H2,3,5)(H2,4,6);2*1H2. The van der Waals surface area contributed by atoms with Crippen LogP contribution in [-0.4, -0.2) is 22.8 Å². The summed E-state index contributed by atoms with van der Waals surface area (Å²) in [6, 6.07) is 0. The number of rotatable bonds is 0. The van der Waals surface area contributed by atoms with Gasteiger partial charge in [0.1, 0.15) is 0 Å². The lowest BCUT2D eigenvalue weighted by Gasteiger charge is -1.70. The molecule has 6 heteroatoms. The van der Waals surface area contributed by atoms with Crippen molar-refractivity contribution >= 4 is 11.8 Å². The average molecular weight is 124 g/mol. The largest absolute Gasteiger partial charge is 0.870 e. The molecule has 50 valence electrons. The van der Waals surface area contributed by atoms with Crippen LogP contribution in [0.1, 0.15) is 0 Å². The van der Waals surface area contributed by atoms with Gasteiger partial charge in [-0.3, -0.25) is 10.5 Å². The minimum atomic E-state index is -0.991. The van der Waals surface area contributed by atoms with Gasteiger partial charge in [0.15, 0.2) is 0 Å². The maximum Gasteiger partial charge on any atom is 0.398 e. The van der Waals surface area contributed by atoms with Crippen LogP contribution in [0.3, 0.4) is 0 Å². The third-order valence-corrected chi connectivity index (χ3v) is 0.275. The van der Waals surface area contributed by atoms with Gasteiger partial charge in [0, 0.05) is 0 Å². The zero-order chi connectivity index (χ0) is 5.15. The van der Waals surface area contributed by atoms with Gasteiger partial charge < -0.3 is 16.7 Å². The van der Waals surface area contributed by atoms with E-state index >= 15 is 0 Å². The fourth-order valence-electron chi connectivity index (χ4n) is 0. The topological polar surface area (TPSA) is 149 Å². The molecule has 0 aliphatic carbocycles. The third-order valence-electron chi connectivity index (χ3n) is 0.275. The molecule has 0 saturated carbocycles. The van der Waals surface area contributed by atoms with E-state index in [1.54, 1.807) is 0 Å². The summed E-state index contributed by atoms with van der Waals surface area (Å²) in [5.41, 5.74) is 7.11. The van der Waals surface area contributed by atoms with Crippen LogP contribution in [0.5, 0.6) is 0 Å². The molecule has 0 aliphatic heterocycles. The Morgan fingerprint density at radius 1 is 1.38 bits per heavy atom. The van der Waals surface area contributed by atoms with Crippen molar-refractivity contribution in [1.29, 1.82) is 0 Å². The van der Waals surface area contributed by atoms with E-state index in [1.165, 1.54) is 0 Å². The maximum atomic E-state index is 9.56. The Hall–Kier alpha value is -0.980. The lowest BCUT2D eigenvalue weighted by molar-refractivity contribution is -0.299. The van der Waals surface area contributed by atoms with E-state index in [4.69, 9.17) is 0 Å². The van der Waals surface area contributed by atoms with Gasteiger partial charge in [0.25, 0.3) is 0 Å². The second-order valence-corrected chi connectivity index (χ2v) is 0.787. The molecule has 0 heterocycles. The Labute approximate surface area is 45.1 Å². The molecule has 0 fully saturated rings. The van der Waals surface area contributed by atoms with Crippen LogP contribution in [0.15, 0.2) is 0 Å². The van der Waals surface area contributed by atoms with Gasteiger partial charge in [-0.15, -0.1) is 0 Å². The highest BCUT2D eigenvalue weighted by Crippen LogP contribution is 1.40. The molecule has 0 atom stereocenters. The third kappa shape index (κ3) is 8.89. The first-order valence-corrected chi connectivity index (χ1v) is 1.30. The van der Waals surface area contributed by atoms with Crippen molar-refractivity contribution < 1.29 is 26.3 Å². The van der Waals surface area contributed by atoms with Gasteiger partial charge in [-0.1, -0.05) is 0 Å². The molecule has 0 rings (SSSR count). The molecular weight excluding hydrogens is 116 g/mol. The van der Waals surface area contributed by atoms with Crippen molar-refractivity contribution in [2.24, 2.45) is 5.73 Å². The summed E-state index contributed by atoms with van der Waals surface area (Å²) in [6.07, 6.45) is 0. The predicted octanol–water partition coefficient (Wildman–Crippen LogP) is -3.76. The van der Waals surface area contributed by atoms with Crippen LogP contribution in [0.4, 0.5) is 0 Å². The highest BCUT2D eigenvalue weighted by Gasteiger charge is 2.02. The van der Waals surface area contributed by atoms with Crippen LogP contribution in [-0.2, 0) is 9.59 Å². The number of amides is 2. The molecule has 8 heavy (non-hydrogen) atoms. The first-order chi connectivity index (χ1) is 2.64. The number of carbonyl (C=O) groups is 2. The number of hydrogen-bond donors (Lipinski definition) is 2. The minimum absolute atomic E-state index is 0. The van der Waals surface area contributed by atoms with E-state index in [1.807, 2.05) is 0 Å². The zero-order valence-electron chi connectivity index (χ0n) is 4.05. The molecule has 0 aromatic rings. The fourth-order valence-corrected chi connectivity index (χ4v) is 0. The normalized spacial score (nSPS) is 5.62. The SMILES string of the molecule is NC(=O)C([NH3+])=O.O.[OH-]. The van der Waals surface area contributed by atoms with E-state index in [-0.39, 0.29) is 11.0 Å². The molecule has 2 amide bonds. The second kappa shape index (κ2) is 6.02. The van der Waals surface area contributed by atoms with E-state index in [0.717, 1.165) is 0 Å². The maximum absolute atomic E-state index is 9.56. The number of carbonyl (C=O) groups excluding carboxylic acids is 2. The van der Waals surface area contributed by atoms with Crippen molar-refractivity contribution in [2.75, 3.05) is 0 Å². The quantitative estimate of drug-likeness (QED) is 0.319. The van der Waals surface area contributed by atoms with Crippen LogP contribution >= 0.6 is 0 Å². The molecule has 0 radical (unpaired) electrons. The van der Waals surface area contributed by atoms with Crippen molar-refractivity contribution in [2.45, 2.75) is 0 Å². The van der Waals surface area contributed by atoms with Crippen molar-refractivity contribution in [3.63, 3.8) is 0 Å². The molecule has 8 N–H and O–H groups in total. The summed E-state index contributed by atoms with van der Waals surface area (Å²) in [6.45, 7) is 0. The van der Waals surface area contributed by atoms with E-state index in [0.29, 0.717) is 0 Å². The van der Waals surface area contributed by atoms with E-state index in [9.17, 15) is 9.59 Å². The Morgan fingerprint density at radius 2 is 1.50 bits per heavy atom. The molecule has 0 bridgehead atoms. The van der Waals surface area contributed by atoms with Crippen molar-refractivity contribution in [3.05, 3.63) is 0 Å². The lowest BCUT2D eigenvalue weighted by Crippen LogP contribution is -2.62. The molecule has 0 aliphatic rings. The minimum Gasteiger partial charge on any atom is -0.870 e. The Morgan fingerprint density at radius 3 is 1.50 bits per heavy atom. The molecular formula is C2H8N2O4. The fraction of sp³-hybridized carbons (Fsp3) is 0. The highest BCUT2D eigenvalue weighted by atomic mass is 16.2. The lowest BCUT2D eigenvalue weighted by atomic mass is 10.6. The number of nitrogens with two attached hydrogens (primary N) is 1. The van der Waals surface area contributed by atoms with E-state index in [2.05, 4.69) is 11.5 Å². The first kappa shape index (κ1) is 15.7. The summed E-state index contributed by atoms with van der Waals surface area (Å²) >= 11 is 0. The van der Waals surface area contributed by atoms with Gasteiger partial charge in [0.05, 0.1) is 0 Å². The number of hydrogen-bond acceptors (Lipinski definition) is 3. The summed E-state index contributed by atoms with van der Waals surface area (Å²) in [7, 11) is 0. The van der Waals surface area contributed by atoms with E-state index < -0.39 is 11.8 Å². The summed E-state index contributed by atoms with van der Waals surface area (Å²) < 4.78 is 0. The molecule has 0 aromatic carbocycles. The van der Waals surface area contributed by atoms with Crippen LogP contribution in [0, 0.1) is 0 Å². The van der Waals surface area contributed by atoms with Gasteiger partial charge in [-0.25, -0.2) is 4.79 Å². The van der Waals surface area contributed by atoms with Gasteiger partial charge >= 0.3 is 11.8 Å². The first-order valence-electron chi connectivity index (χ1n) is 1.30. The molecule has 6 nitrogen and oxygen atoms in total. The predicted molar refractivity (Wildman–Crippen MR) is 22.6 cm³/mol. The Balaban J connectivity index is -0.000000125.